The molecule has 7 heteroatoms. The molecule has 118 valence electrons. The number of hydrogen-bond donors (Lipinski definition) is 0. The van der Waals surface area contributed by atoms with Crippen molar-refractivity contribution in [3.63, 3.8) is 0 Å². The van der Waals surface area contributed by atoms with E-state index < -0.39 is 0 Å². The predicted molar refractivity (Wildman–Crippen MR) is 85.2 cm³/mol. The average Bonchev–Trinajstić information content (AvgIpc) is 3.22. The van der Waals surface area contributed by atoms with Crippen LogP contribution in [0.25, 0.3) is 0 Å². The molecular weight excluding hydrogens is 312 g/mol. The Morgan fingerprint density at radius 3 is 2.52 bits per heavy atom. The minimum Gasteiger partial charge on any atom is -0.338 e. The second-order valence-electron chi connectivity index (χ2n) is 6.25. The fraction of sp³-hybridized carbons (Fsp3) is 0.375. The molecule has 0 bridgehead atoms. The summed E-state index contributed by atoms with van der Waals surface area (Å²) in [4.78, 5) is 36.5. The molecule has 0 atom stereocenters. The first kappa shape index (κ1) is 14.3. The molecule has 2 aliphatic rings. The zero-order valence-electron chi connectivity index (χ0n) is 12.5. The third-order valence-electron chi connectivity index (χ3n) is 4.64. The number of thiazole rings is 1. The van der Waals surface area contributed by atoms with Gasteiger partial charge in [-0.15, -0.1) is 11.3 Å². The number of nitrogens with zero attached hydrogens (tertiary/aromatic N) is 4. The smallest absolute Gasteiger partial charge is 0.273 e. The second kappa shape index (κ2) is 5.42. The first-order chi connectivity index (χ1) is 11.2. The molecule has 2 saturated heterocycles. The Balaban J connectivity index is 1.38. The molecule has 2 aliphatic heterocycles. The van der Waals surface area contributed by atoms with Crippen LogP contribution in [0, 0.1) is 5.41 Å². The van der Waals surface area contributed by atoms with Crippen LogP contribution in [0.4, 0.5) is 0 Å². The maximum atomic E-state index is 12.5. The molecule has 2 aromatic heterocycles. The van der Waals surface area contributed by atoms with Crippen LogP contribution in [0.3, 0.4) is 0 Å². The Bertz CT molecular complexity index is 726. The summed E-state index contributed by atoms with van der Waals surface area (Å²) in [5.74, 6) is 0.0457. The van der Waals surface area contributed by atoms with Gasteiger partial charge < -0.3 is 9.80 Å². The van der Waals surface area contributed by atoms with Gasteiger partial charge in [0.25, 0.3) is 11.8 Å². The normalized spacial score (nSPS) is 19.0. The third-order valence-corrected chi connectivity index (χ3v) is 5.23. The highest BCUT2D eigenvalue weighted by Gasteiger charge is 2.50. The predicted octanol–water partition coefficient (Wildman–Crippen LogP) is 1.53. The summed E-state index contributed by atoms with van der Waals surface area (Å²) in [7, 11) is 0. The zero-order chi connectivity index (χ0) is 15.9. The van der Waals surface area contributed by atoms with Gasteiger partial charge in [0.2, 0.25) is 0 Å². The lowest BCUT2D eigenvalue weighted by Gasteiger charge is -2.47. The van der Waals surface area contributed by atoms with Crippen LogP contribution in [0.2, 0.25) is 0 Å². The van der Waals surface area contributed by atoms with Gasteiger partial charge in [-0.05, 0) is 18.6 Å². The van der Waals surface area contributed by atoms with Crippen LogP contribution in [0.15, 0.2) is 35.4 Å². The zero-order valence-corrected chi connectivity index (χ0v) is 13.3. The summed E-state index contributed by atoms with van der Waals surface area (Å²) in [6, 6.07) is 3.48. The van der Waals surface area contributed by atoms with Crippen molar-refractivity contribution < 1.29 is 9.59 Å². The Kier molecular flexibility index (Phi) is 3.37. The van der Waals surface area contributed by atoms with Crippen LogP contribution in [-0.2, 0) is 0 Å². The minimum atomic E-state index is -0.00390. The van der Waals surface area contributed by atoms with Crippen molar-refractivity contribution in [2.45, 2.75) is 6.42 Å². The van der Waals surface area contributed by atoms with E-state index in [1.165, 1.54) is 11.3 Å². The minimum absolute atomic E-state index is 0.00390. The standard InChI is InChI=1S/C16H16N4O2S/c21-14(12-1-4-17-5-2-12)19-6-3-16(8-19)9-20(10-16)15(22)13-7-23-11-18-13/h1-2,4-5,7,11H,3,6,8-10H2. The summed E-state index contributed by atoms with van der Waals surface area (Å²) >= 11 is 1.43. The van der Waals surface area contributed by atoms with Crippen LogP contribution >= 0.6 is 11.3 Å². The highest BCUT2D eigenvalue weighted by molar-refractivity contribution is 7.07. The largest absolute Gasteiger partial charge is 0.338 e. The quantitative estimate of drug-likeness (QED) is 0.838. The molecule has 2 fully saturated rings. The highest BCUT2D eigenvalue weighted by atomic mass is 32.1. The molecule has 0 N–H and O–H groups in total. The highest BCUT2D eigenvalue weighted by Crippen LogP contribution is 2.40. The van der Waals surface area contributed by atoms with Crippen LogP contribution in [-0.4, -0.2) is 57.8 Å². The van der Waals surface area contributed by atoms with E-state index in [0.29, 0.717) is 24.3 Å². The van der Waals surface area contributed by atoms with Crippen molar-refractivity contribution in [2.75, 3.05) is 26.2 Å². The molecule has 23 heavy (non-hydrogen) atoms. The van der Waals surface area contributed by atoms with Gasteiger partial charge in [0.1, 0.15) is 5.69 Å². The fourth-order valence-electron chi connectivity index (χ4n) is 3.43. The van der Waals surface area contributed by atoms with Crippen LogP contribution in [0.1, 0.15) is 27.3 Å². The molecule has 0 aliphatic carbocycles. The van der Waals surface area contributed by atoms with Gasteiger partial charge in [0.15, 0.2) is 0 Å². The molecule has 0 saturated carbocycles. The van der Waals surface area contributed by atoms with Gasteiger partial charge in [0.05, 0.1) is 5.51 Å². The Morgan fingerprint density at radius 2 is 1.83 bits per heavy atom. The molecular formula is C16H16N4O2S. The molecule has 1 spiro atoms. The first-order valence-corrected chi connectivity index (χ1v) is 8.48. The summed E-state index contributed by atoms with van der Waals surface area (Å²) in [6.45, 7) is 2.89. The Labute approximate surface area is 137 Å². The third kappa shape index (κ3) is 2.50. The van der Waals surface area contributed by atoms with E-state index in [4.69, 9.17) is 0 Å². The number of amides is 2. The number of likely N-dealkylation sites (tertiary alicyclic amines) is 2. The number of carbonyl (C=O) groups is 2. The second-order valence-corrected chi connectivity index (χ2v) is 6.97. The lowest BCUT2D eigenvalue weighted by Crippen LogP contribution is -2.59. The molecule has 0 radical (unpaired) electrons. The maximum absolute atomic E-state index is 12.5. The first-order valence-electron chi connectivity index (χ1n) is 7.54. The van der Waals surface area contributed by atoms with E-state index in [1.54, 1.807) is 35.4 Å². The molecule has 4 heterocycles. The van der Waals surface area contributed by atoms with E-state index in [2.05, 4.69) is 9.97 Å². The van der Waals surface area contributed by atoms with E-state index in [1.807, 2.05) is 9.80 Å². The number of pyridine rings is 1. The summed E-state index contributed by atoms with van der Waals surface area (Å²) in [6.07, 6.45) is 4.22. The van der Waals surface area contributed by atoms with Gasteiger partial charge in [0, 0.05) is 54.9 Å². The van der Waals surface area contributed by atoms with Gasteiger partial charge in [-0.3, -0.25) is 14.6 Å². The van der Waals surface area contributed by atoms with Gasteiger partial charge in [-0.25, -0.2) is 4.98 Å². The summed E-state index contributed by atoms with van der Waals surface area (Å²) in [5.41, 5.74) is 2.93. The van der Waals surface area contributed by atoms with E-state index in [9.17, 15) is 9.59 Å². The lowest BCUT2D eigenvalue weighted by atomic mass is 9.79. The average molecular weight is 328 g/mol. The number of carbonyl (C=O) groups excluding carboxylic acids is 2. The summed E-state index contributed by atoms with van der Waals surface area (Å²) < 4.78 is 0. The molecule has 6 nitrogen and oxygen atoms in total. The van der Waals surface area contributed by atoms with Crippen LogP contribution in [0.5, 0.6) is 0 Å². The Hall–Kier alpha value is -2.28. The topological polar surface area (TPSA) is 66.4 Å². The molecule has 0 aromatic carbocycles. The maximum Gasteiger partial charge on any atom is 0.273 e. The lowest BCUT2D eigenvalue weighted by molar-refractivity contribution is 0.0106. The monoisotopic (exact) mass is 328 g/mol. The van der Waals surface area contributed by atoms with Crippen molar-refractivity contribution in [3.8, 4) is 0 Å². The van der Waals surface area contributed by atoms with Gasteiger partial charge in [-0.2, -0.15) is 0 Å². The van der Waals surface area contributed by atoms with E-state index in [0.717, 1.165) is 19.5 Å². The summed E-state index contributed by atoms with van der Waals surface area (Å²) in [5, 5.41) is 1.78. The van der Waals surface area contributed by atoms with Gasteiger partial charge >= 0.3 is 0 Å². The van der Waals surface area contributed by atoms with Crippen molar-refractivity contribution in [1.82, 2.24) is 19.8 Å². The van der Waals surface area contributed by atoms with Gasteiger partial charge in [-0.1, -0.05) is 0 Å². The molecule has 2 amide bonds. The van der Waals surface area contributed by atoms with E-state index >= 15 is 0 Å². The number of rotatable bonds is 2. The van der Waals surface area contributed by atoms with Crippen molar-refractivity contribution >= 4 is 23.2 Å². The number of hydrogen-bond acceptors (Lipinski definition) is 5. The molecule has 0 unspecified atom stereocenters. The fourth-order valence-corrected chi connectivity index (χ4v) is 3.96. The van der Waals surface area contributed by atoms with Crippen molar-refractivity contribution in [2.24, 2.45) is 5.41 Å². The van der Waals surface area contributed by atoms with Crippen LogP contribution < -0.4 is 0 Å². The molecule has 2 aromatic rings. The van der Waals surface area contributed by atoms with Crippen molar-refractivity contribution in [1.29, 1.82) is 0 Å². The number of aromatic nitrogens is 2. The molecule has 4 rings (SSSR count). The SMILES string of the molecule is O=C(c1ccncc1)N1CCC2(C1)CN(C(=O)c1cscn1)C2. The Morgan fingerprint density at radius 1 is 1.09 bits per heavy atom. The van der Waals surface area contributed by atoms with Crippen molar-refractivity contribution in [3.05, 3.63) is 46.7 Å². The van der Waals surface area contributed by atoms with E-state index in [-0.39, 0.29) is 17.2 Å².